The van der Waals surface area contributed by atoms with E-state index >= 15 is 0 Å². The number of carbonyl (C=O) groups is 1. The van der Waals surface area contributed by atoms with Crippen molar-refractivity contribution in [3.05, 3.63) is 35.9 Å². The monoisotopic (exact) mass is 203 g/mol. The second kappa shape index (κ2) is 4.15. The summed E-state index contributed by atoms with van der Waals surface area (Å²) in [6, 6.07) is 10.6. The van der Waals surface area contributed by atoms with E-state index in [9.17, 15) is 4.79 Å². The smallest absolute Gasteiger partial charge is 0.146 e. The predicted molar refractivity (Wildman–Crippen MR) is 60.9 cm³/mol. The molecular weight excluding hydrogens is 186 g/mol. The van der Waals surface area contributed by atoms with E-state index in [-0.39, 0.29) is 11.8 Å². The molecule has 2 atom stereocenters. The number of hydrogen-bond acceptors (Lipinski definition) is 2. The minimum absolute atomic E-state index is 0.121. The first-order chi connectivity index (χ1) is 7.18. The molecule has 0 N–H and O–H groups in total. The average Bonchev–Trinajstić information content (AvgIpc) is 2.62. The van der Waals surface area contributed by atoms with Crippen molar-refractivity contribution in [1.29, 1.82) is 0 Å². The summed E-state index contributed by atoms with van der Waals surface area (Å²) in [5.41, 5.74) is 1.35. The zero-order valence-electron chi connectivity index (χ0n) is 9.31. The highest BCUT2D eigenvalue weighted by molar-refractivity contribution is 5.81. The summed E-state index contributed by atoms with van der Waals surface area (Å²) in [5.74, 6) is 0.807. The van der Waals surface area contributed by atoms with E-state index in [4.69, 9.17) is 0 Å². The molecule has 0 radical (unpaired) electrons. The van der Waals surface area contributed by atoms with Crippen molar-refractivity contribution < 1.29 is 4.79 Å². The third kappa shape index (κ3) is 2.10. The SMILES string of the molecule is CC(=O)C1CC(c2ccccc2)CN1C. The summed E-state index contributed by atoms with van der Waals surface area (Å²) < 4.78 is 0. The van der Waals surface area contributed by atoms with Gasteiger partial charge in [0.05, 0.1) is 6.04 Å². The zero-order valence-corrected chi connectivity index (χ0v) is 9.31. The Balaban J connectivity index is 2.13. The molecule has 1 fully saturated rings. The number of carbonyl (C=O) groups excluding carboxylic acids is 1. The van der Waals surface area contributed by atoms with Crippen molar-refractivity contribution in [3.8, 4) is 0 Å². The van der Waals surface area contributed by atoms with Crippen LogP contribution in [0.1, 0.15) is 24.8 Å². The lowest BCUT2D eigenvalue weighted by Gasteiger charge is -2.14. The van der Waals surface area contributed by atoms with Crippen LogP contribution >= 0.6 is 0 Å². The molecule has 1 saturated heterocycles. The molecule has 1 aromatic rings. The molecule has 15 heavy (non-hydrogen) atoms. The molecule has 0 bridgehead atoms. The molecule has 2 heteroatoms. The fourth-order valence-electron chi connectivity index (χ4n) is 2.44. The maximum Gasteiger partial charge on any atom is 0.146 e. The van der Waals surface area contributed by atoms with Crippen LogP contribution in [0.4, 0.5) is 0 Å². The maximum atomic E-state index is 11.4. The van der Waals surface area contributed by atoms with Crippen LogP contribution in [0.3, 0.4) is 0 Å². The van der Waals surface area contributed by atoms with Gasteiger partial charge in [-0.05, 0) is 31.9 Å². The molecule has 80 valence electrons. The van der Waals surface area contributed by atoms with Gasteiger partial charge in [-0.15, -0.1) is 0 Å². The molecule has 0 aromatic heterocycles. The summed E-state index contributed by atoms with van der Waals surface area (Å²) in [4.78, 5) is 13.6. The van der Waals surface area contributed by atoms with Crippen molar-refractivity contribution in [1.82, 2.24) is 4.90 Å². The molecule has 0 aliphatic carbocycles. The van der Waals surface area contributed by atoms with E-state index in [1.807, 2.05) is 13.1 Å². The molecular formula is C13H17NO. The molecule has 1 aromatic carbocycles. The Bertz CT molecular complexity index is 347. The third-order valence-corrected chi connectivity index (χ3v) is 3.29. The summed E-state index contributed by atoms with van der Waals surface area (Å²) >= 11 is 0. The summed E-state index contributed by atoms with van der Waals surface area (Å²) in [6.07, 6.45) is 0.968. The first-order valence-corrected chi connectivity index (χ1v) is 5.44. The normalized spacial score (nSPS) is 26.8. The summed E-state index contributed by atoms with van der Waals surface area (Å²) in [6.45, 7) is 2.68. The number of likely N-dealkylation sites (N-methyl/N-ethyl adjacent to an activating group) is 1. The van der Waals surface area contributed by atoms with Gasteiger partial charge in [-0.25, -0.2) is 0 Å². The van der Waals surface area contributed by atoms with Crippen LogP contribution in [0.15, 0.2) is 30.3 Å². The van der Waals surface area contributed by atoms with Crippen molar-refractivity contribution in [2.45, 2.75) is 25.3 Å². The fraction of sp³-hybridized carbons (Fsp3) is 0.462. The van der Waals surface area contributed by atoms with Crippen LogP contribution in [0.25, 0.3) is 0 Å². The van der Waals surface area contributed by atoms with Crippen LogP contribution in [0.5, 0.6) is 0 Å². The minimum Gasteiger partial charge on any atom is -0.298 e. The Morgan fingerprint density at radius 2 is 2.00 bits per heavy atom. The second-order valence-electron chi connectivity index (χ2n) is 4.41. The Labute approximate surface area is 90.9 Å². The van der Waals surface area contributed by atoms with E-state index in [1.165, 1.54) is 5.56 Å². The van der Waals surface area contributed by atoms with Crippen molar-refractivity contribution >= 4 is 5.78 Å². The Morgan fingerprint density at radius 3 is 2.53 bits per heavy atom. The van der Waals surface area contributed by atoms with Gasteiger partial charge < -0.3 is 0 Å². The highest BCUT2D eigenvalue weighted by atomic mass is 16.1. The van der Waals surface area contributed by atoms with Crippen molar-refractivity contribution in [2.24, 2.45) is 0 Å². The molecule has 1 heterocycles. The van der Waals surface area contributed by atoms with Crippen molar-refractivity contribution in [2.75, 3.05) is 13.6 Å². The lowest BCUT2D eigenvalue weighted by atomic mass is 9.95. The van der Waals surface area contributed by atoms with Gasteiger partial charge >= 0.3 is 0 Å². The van der Waals surface area contributed by atoms with Gasteiger partial charge in [-0.3, -0.25) is 9.69 Å². The van der Waals surface area contributed by atoms with Gasteiger partial charge in [0.2, 0.25) is 0 Å². The summed E-state index contributed by atoms with van der Waals surface area (Å²) in [7, 11) is 2.04. The third-order valence-electron chi connectivity index (χ3n) is 3.29. The Hall–Kier alpha value is -1.15. The van der Waals surface area contributed by atoms with E-state index in [0.717, 1.165) is 13.0 Å². The van der Waals surface area contributed by atoms with Crippen LogP contribution in [-0.4, -0.2) is 30.3 Å². The van der Waals surface area contributed by atoms with E-state index in [1.54, 1.807) is 6.92 Å². The zero-order chi connectivity index (χ0) is 10.8. The van der Waals surface area contributed by atoms with Gasteiger partial charge in [-0.1, -0.05) is 30.3 Å². The molecule has 2 rings (SSSR count). The molecule has 1 aliphatic rings. The number of Topliss-reactive ketones (excluding diaryl/α,β-unsaturated/α-hetero) is 1. The Kier molecular flexibility index (Phi) is 2.87. The van der Waals surface area contributed by atoms with Crippen LogP contribution in [0.2, 0.25) is 0 Å². The first kappa shape index (κ1) is 10.4. The van der Waals surface area contributed by atoms with Crippen molar-refractivity contribution in [3.63, 3.8) is 0 Å². The number of ketones is 1. The maximum absolute atomic E-state index is 11.4. The largest absolute Gasteiger partial charge is 0.298 e. The molecule has 0 spiro atoms. The lowest BCUT2D eigenvalue weighted by molar-refractivity contribution is -0.120. The van der Waals surface area contributed by atoms with Gasteiger partial charge in [-0.2, -0.15) is 0 Å². The standard InChI is InChI=1S/C13H17NO/c1-10(15)13-8-12(9-14(13)2)11-6-4-3-5-7-11/h3-7,12-13H,8-9H2,1-2H3. The van der Waals surface area contributed by atoms with Crippen LogP contribution in [-0.2, 0) is 4.79 Å². The van der Waals surface area contributed by atoms with Crippen LogP contribution in [0, 0.1) is 0 Å². The second-order valence-corrected chi connectivity index (χ2v) is 4.41. The molecule has 0 amide bonds. The van der Waals surface area contributed by atoms with Gasteiger partial charge in [0.1, 0.15) is 5.78 Å². The number of nitrogens with zero attached hydrogens (tertiary/aromatic N) is 1. The van der Waals surface area contributed by atoms with Gasteiger partial charge in [0, 0.05) is 6.54 Å². The number of likely N-dealkylation sites (tertiary alicyclic amines) is 1. The number of benzene rings is 1. The molecule has 0 saturated carbocycles. The lowest BCUT2D eigenvalue weighted by Crippen LogP contribution is -2.30. The number of rotatable bonds is 2. The Morgan fingerprint density at radius 1 is 1.33 bits per heavy atom. The van der Waals surface area contributed by atoms with E-state index in [0.29, 0.717) is 5.92 Å². The number of hydrogen-bond donors (Lipinski definition) is 0. The highest BCUT2D eigenvalue weighted by Crippen LogP contribution is 2.30. The van der Waals surface area contributed by atoms with Gasteiger partial charge in [0.25, 0.3) is 0 Å². The van der Waals surface area contributed by atoms with E-state index < -0.39 is 0 Å². The molecule has 2 unspecified atom stereocenters. The molecule has 1 aliphatic heterocycles. The highest BCUT2D eigenvalue weighted by Gasteiger charge is 2.32. The topological polar surface area (TPSA) is 20.3 Å². The predicted octanol–water partition coefficient (Wildman–Crippen LogP) is 2.06. The van der Waals surface area contributed by atoms with Gasteiger partial charge in [0.15, 0.2) is 0 Å². The average molecular weight is 203 g/mol. The fourth-order valence-corrected chi connectivity index (χ4v) is 2.44. The first-order valence-electron chi connectivity index (χ1n) is 5.44. The quantitative estimate of drug-likeness (QED) is 0.733. The van der Waals surface area contributed by atoms with Crippen LogP contribution < -0.4 is 0 Å². The summed E-state index contributed by atoms with van der Waals surface area (Å²) in [5, 5.41) is 0. The molecule has 2 nitrogen and oxygen atoms in total. The van der Waals surface area contributed by atoms with E-state index in [2.05, 4.69) is 29.2 Å². The minimum atomic E-state index is 0.121.